The molecule has 0 saturated carbocycles. The Morgan fingerprint density at radius 3 is 2.81 bits per heavy atom. The van der Waals surface area contributed by atoms with E-state index in [1.165, 1.54) is 0 Å². The third-order valence-electron chi connectivity index (χ3n) is 2.65. The molecule has 0 aromatic heterocycles. The van der Waals surface area contributed by atoms with E-state index in [0.29, 0.717) is 12.6 Å². The number of nitrogens with one attached hydrogen (secondary N) is 2. The SMILES string of the molecule is CCS(=O)(=O)NCCCNC1CCCOC1. The van der Waals surface area contributed by atoms with Gasteiger partial charge in [0.25, 0.3) is 0 Å². The highest BCUT2D eigenvalue weighted by atomic mass is 32.2. The van der Waals surface area contributed by atoms with Crippen molar-refractivity contribution in [2.24, 2.45) is 0 Å². The molecule has 2 N–H and O–H groups in total. The van der Waals surface area contributed by atoms with Crippen LogP contribution in [0.25, 0.3) is 0 Å². The molecule has 0 amide bonds. The van der Waals surface area contributed by atoms with E-state index in [0.717, 1.165) is 39.0 Å². The Morgan fingerprint density at radius 2 is 2.19 bits per heavy atom. The first-order valence-electron chi connectivity index (χ1n) is 5.92. The molecule has 0 aromatic carbocycles. The van der Waals surface area contributed by atoms with Gasteiger partial charge < -0.3 is 10.1 Å². The first-order chi connectivity index (χ1) is 7.64. The Labute approximate surface area is 98.0 Å². The summed E-state index contributed by atoms with van der Waals surface area (Å²) in [5.41, 5.74) is 0. The molecule has 5 nitrogen and oxygen atoms in total. The molecule has 1 heterocycles. The molecular formula is C10H22N2O3S. The van der Waals surface area contributed by atoms with Gasteiger partial charge in [-0.25, -0.2) is 13.1 Å². The van der Waals surface area contributed by atoms with Gasteiger partial charge in [-0.15, -0.1) is 0 Å². The van der Waals surface area contributed by atoms with Crippen molar-refractivity contribution in [3.8, 4) is 0 Å². The quantitative estimate of drug-likeness (QED) is 0.628. The van der Waals surface area contributed by atoms with Gasteiger partial charge in [0.05, 0.1) is 12.4 Å². The summed E-state index contributed by atoms with van der Waals surface area (Å²) in [7, 11) is -3.03. The van der Waals surface area contributed by atoms with E-state index in [1.807, 2.05) is 0 Å². The van der Waals surface area contributed by atoms with Crippen LogP contribution in [0.1, 0.15) is 26.2 Å². The Bertz CT molecular complexity index is 274. The first-order valence-corrected chi connectivity index (χ1v) is 7.58. The zero-order valence-corrected chi connectivity index (χ0v) is 10.7. The minimum Gasteiger partial charge on any atom is -0.380 e. The maximum absolute atomic E-state index is 11.1. The van der Waals surface area contributed by atoms with Crippen molar-refractivity contribution in [2.75, 3.05) is 32.1 Å². The topological polar surface area (TPSA) is 67.4 Å². The van der Waals surface area contributed by atoms with E-state index in [9.17, 15) is 8.42 Å². The molecule has 0 aliphatic carbocycles. The van der Waals surface area contributed by atoms with Gasteiger partial charge >= 0.3 is 0 Å². The van der Waals surface area contributed by atoms with Crippen molar-refractivity contribution < 1.29 is 13.2 Å². The van der Waals surface area contributed by atoms with Gasteiger partial charge in [-0.2, -0.15) is 0 Å². The van der Waals surface area contributed by atoms with Gasteiger partial charge in [0.15, 0.2) is 0 Å². The van der Waals surface area contributed by atoms with Crippen LogP contribution < -0.4 is 10.0 Å². The summed E-state index contributed by atoms with van der Waals surface area (Å²) in [4.78, 5) is 0. The van der Waals surface area contributed by atoms with Crippen LogP contribution >= 0.6 is 0 Å². The molecule has 1 rings (SSSR count). The number of rotatable bonds is 7. The standard InChI is InChI=1S/C10H22N2O3S/c1-2-16(13,14)12-7-4-6-11-10-5-3-8-15-9-10/h10-12H,2-9H2,1H3. The van der Waals surface area contributed by atoms with Gasteiger partial charge in [-0.1, -0.05) is 0 Å². The van der Waals surface area contributed by atoms with Crippen LogP contribution in [-0.4, -0.2) is 46.5 Å². The van der Waals surface area contributed by atoms with Crippen LogP contribution in [0, 0.1) is 0 Å². The predicted octanol–water partition coefficient (Wildman–Crippen LogP) is 0.0844. The molecule has 1 aliphatic heterocycles. The zero-order valence-electron chi connectivity index (χ0n) is 9.87. The molecule has 1 aliphatic rings. The minimum atomic E-state index is -3.03. The van der Waals surface area contributed by atoms with Gasteiger partial charge in [0.1, 0.15) is 0 Å². The second-order valence-electron chi connectivity index (χ2n) is 4.02. The largest absolute Gasteiger partial charge is 0.380 e. The normalized spacial score (nSPS) is 22.2. The Hall–Kier alpha value is -0.170. The highest BCUT2D eigenvalue weighted by Crippen LogP contribution is 2.05. The summed E-state index contributed by atoms with van der Waals surface area (Å²) in [5, 5.41) is 3.37. The van der Waals surface area contributed by atoms with E-state index in [4.69, 9.17) is 4.74 Å². The van der Waals surface area contributed by atoms with Crippen LogP contribution in [0.5, 0.6) is 0 Å². The van der Waals surface area contributed by atoms with Crippen LogP contribution in [0.3, 0.4) is 0 Å². The molecule has 1 fully saturated rings. The molecule has 1 atom stereocenters. The number of hydrogen-bond donors (Lipinski definition) is 2. The molecule has 1 saturated heterocycles. The molecule has 0 radical (unpaired) electrons. The molecule has 1 unspecified atom stereocenters. The maximum Gasteiger partial charge on any atom is 0.211 e. The van der Waals surface area contributed by atoms with Gasteiger partial charge in [0, 0.05) is 19.2 Å². The van der Waals surface area contributed by atoms with Gasteiger partial charge in [-0.3, -0.25) is 0 Å². The lowest BCUT2D eigenvalue weighted by molar-refractivity contribution is 0.0705. The average Bonchev–Trinajstić information content (AvgIpc) is 2.30. The van der Waals surface area contributed by atoms with Crippen LogP contribution in [0.4, 0.5) is 0 Å². The summed E-state index contributed by atoms with van der Waals surface area (Å²) < 4.78 is 30.1. The van der Waals surface area contributed by atoms with Gasteiger partial charge in [-0.05, 0) is 32.7 Å². The molecule has 0 spiro atoms. The zero-order chi connectivity index (χ0) is 11.9. The molecule has 6 heteroatoms. The van der Waals surface area contributed by atoms with Crippen molar-refractivity contribution in [1.29, 1.82) is 0 Å². The molecule has 0 bridgehead atoms. The third-order valence-corrected chi connectivity index (χ3v) is 4.05. The smallest absolute Gasteiger partial charge is 0.211 e. The average molecular weight is 250 g/mol. The summed E-state index contributed by atoms with van der Waals surface area (Å²) in [6.07, 6.45) is 3.08. The lowest BCUT2D eigenvalue weighted by atomic mass is 10.1. The van der Waals surface area contributed by atoms with E-state index >= 15 is 0 Å². The lowest BCUT2D eigenvalue weighted by Gasteiger charge is -2.23. The summed E-state index contributed by atoms with van der Waals surface area (Å²) in [6.45, 7) is 4.63. The first kappa shape index (κ1) is 13.9. The third kappa shape index (κ3) is 5.79. The van der Waals surface area contributed by atoms with Crippen molar-refractivity contribution >= 4 is 10.0 Å². The predicted molar refractivity (Wildman–Crippen MR) is 63.9 cm³/mol. The fourth-order valence-corrected chi connectivity index (χ4v) is 2.29. The number of ether oxygens (including phenoxy) is 1. The summed E-state index contributed by atoms with van der Waals surface area (Å²) in [6, 6.07) is 0.441. The van der Waals surface area contributed by atoms with Crippen molar-refractivity contribution in [1.82, 2.24) is 10.0 Å². The monoisotopic (exact) mass is 250 g/mol. The fraction of sp³-hybridized carbons (Fsp3) is 1.00. The molecule has 0 aromatic rings. The van der Waals surface area contributed by atoms with Crippen molar-refractivity contribution in [3.63, 3.8) is 0 Å². The molecular weight excluding hydrogens is 228 g/mol. The highest BCUT2D eigenvalue weighted by Gasteiger charge is 2.12. The number of sulfonamides is 1. The van der Waals surface area contributed by atoms with E-state index in [1.54, 1.807) is 6.92 Å². The Balaban J connectivity index is 1.99. The minimum absolute atomic E-state index is 0.150. The van der Waals surface area contributed by atoms with Crippen LogP contribution in [0.15, 0.2) is 0 Å². The van der Waals surface area contributed by atoms with Crippen LogP contribution in [0.2, 0.25) is 0 Å². The fourth-order valence-electron chi connectivity index (χ4n) is 1.63. The summed E-state index contributed by atoms with van der Waals surface area (Å²) in [5.74, 6) is 0.150. The van der Waals surface area contributed by atoms with Crippen molar-refractivity contribution in [2.45, 2.75) is 32.2 Å². The number of hydrogen-bond acceptors (Lipinski definition) is 4. The van der Waals surface area contributed by atoms with Gasteiger partial charge in [0.2, 0.25) is 10.0 Å². The summed E-state index contributed by atoms with van der Waals surface area (Å²) >= 11 is 0. The Morgan fingerprint density at radius 1 is 1.38 bits per heavy atom. The second-order valence-corrected chi connectivity index (χ2v) is 6.12. The van der Waals surface area contributed by atoms with Crippen LogP contribution in [-0.2, 0) is 14.8 Å². The molecule has 16 heavy (non-hydrogen) atoms. The lowest BCUT2D eigenvalue weighted by Crippen LogP contribution is -2.38. The highest BCUT2D eigenvalue weighted by molar-refractivity contribution is 7.89. The molecule has 96 valence electrons. The maximum atomic E-state index is 11.1. The van der Waals surface area contributed by atoms with Crippen molar-refractivity contribution in [3.05, 3.63) is 0 Å². The van der Waals surface area contributed by atoms with E-state index in [-0.39, 0.29) is 5.75 Å². The van der Waals surface area contributed by atoms with E-state index in [2.05, 4.69) is 10.0 Å². The van der Waals surface area contributed by atoms with E-state index < -0.39 is 10.0 Å². The second kappa shape index (κ2) is 7.21. The Kier molecular flexibility index (Phi) is 6.26.